The van der Waals surface area contributed by atoms with Crippen LogP contribution in [0.25, 0.3) is 0 Å². The Morgan fingerprint density at radius 3 is 2.44 bits per heavy atom. The Morgan fingerprint density at radius 2 is 1.94 bits per heavy atom. The highest BCUT2D eigenvalue weighted by molar-refractivity contribution is 5.79. The number of carbonyl (C=O) groups is 1. The fourth-order valence-electron chi connectivity index (χ4n) is 1.91. The molecule has 1 unspecified atom stereocenters. The van der Waals surface area contributed by atoms with Crippen molar-refractivity contribution in [3.63, 3.8) is 0 Å². The number of ketones is 1. The zero-order valence-corrected chi connectivity index (χ0v) is 10.8. The summed E-state index contributed by atoms with van der Waals surface area (Å²) in [5.74, 6) is 0.836. The largest absolute Gasteiger partial charge is 0.381 e. The number of hydrogen-bond acceptors (Lipinski definition) is 3. The molecule has 16 heavy (non-hydrogen) atoms. The van der Waals surface area contributed by atoms with Crippen LogP contribution in [-0.2, 0) is 9.53 Å². The quantitative estimate of drug-likeness (QED) is 0.800. The molecule has 0 aromatic carbocycles. The van der Waals surface area contributed by atoms with E-state index in [0.717, 1.165) is 26.1 Å². The molecule has 94 valence electrons. The summed E-state index contributed by atoms with van der Waals surface area (Å²) in [6.07, 6.45) is 3.25. The van der Waals surface area contributed by atoms with Gasteiger partial charge in [-0.15, -0.1) is 0 Å². The van der Waals surface area contributed by atoms with Gasteiger partial charge in [0, 0.05) is 32.1 Å². The van der Waals surface area contributed by atoms with Crippen LogP contribution < -0.4 is 5.73 Å². The van der Waals surface area contributed by atoms with Crippen molar-refractivity contribution in [3.8, 4) is 0 Å². The maximum absolute atomic E-state index is 11.8. The topological polar surface area (TPSA) is 52.3 Å². The van der Waals surface area contributed by atoms with E-state index >= 15 is 0 Å². The summed E-state index contributed by atoms with van der Waals surface area (Å²) in [6.45, 7) is 7.87. The van der Waals surface area contributed by atoms with Gasteiger partial charge in [0.2, 0.25) is 0 Å². The fourth-order valence-corrected chi connectivity index (χ4v) is 1.91. The minimum atomic E-state index is -0.0279. The molecule has 0 aromatic heterocycles. The van der Waals surface area contributed by atoms with E-state index in [4.69, 9.17) is 10.5 Å². The van der Waals surface area contributed by atoms with Crippen LogP contribution in [0.5, 0.6) is 0 Å². The van der Waals surface area contributed by atoms with Gasteiger partial charge in [0.25, 0.3) is 0 Å². The van der Waals surface area contributed by atoms with Gasteiger partial charge in [0.05, 0.1) is 0 Å². The van der Waals surface area contributed by atoms with E-state index in [9.17, 15) is 4.79 Å². The average Bonchev–Trinajstić information content (AvgIpc) is 2.17. The first kappa shape index (κ1) is 13.7. The van der Waals surface area contributed by atoms with Crippen molar-refractivity contribution < 1.29 is 9.53 Å². The van der Waals surface area contributed by atoms with Crippen molar-refractivity contribution in [2.24, 2.45) is 17.1 Å². The van der Waals surface area contributed by atoms with E-state index in [1.807, 2.05) is 0 Å². The third kappa shape index (κ3) is 4.62. The van der Waals surface area contributed by atoms with E-state index in [2.05, 4.69) is 20.8 Å². The van der Waals surface area contributed by atoms with E-state index in [0.29, 0.717) is 24.5 Å². The van der Waals surface area contributed by atoms with Crippen molar-refractivity contribution >= 4 is 5.78 Å². The summed E-state index contributed by atoms with van der Waals surface area (Å²) in [5.41, 5.74) is 6.03. The molecule has 0 spiro atoms. The molecule has 1 rings (SSSR count). The predicted molar refractivity (Wildman–Crippen MR) is 65.2 cm³/mol. The van der Waals surface area contributed by atoms with Crippen LogP contribution in [0, 0.1) is 11.3 Å². The summed E-state index contributed by atoms with van der Waals surface area (Å²) < 4.78 is 5.28. The fraction of sp³-hybridized carbons (Fsp3) is 0.923. The molecule has 1 heterocycles. The lowest BCUT2D eigenvalue weighted by Crippen LogP contribution is -2.37. The normalized spacial score (nSPS) is 20.8. The van der Waals surface area contributed by atoms with Gasteiger partial charge < -0.3 is 10.5 Å². The first-order valence-electron chi connectivity index (χ1n) is 6.24. The van der Waals surface area contributed by atoms with Crippen LogP contribution in [0.2, 0.25) is 0 Å². The second kappa shape index (κ2) is 5.78. The minimum Gasteiger partial charge on any atom is -0.381 e. The summed E-state index contributed by atoms with van der Waals surface area (Å²) in [7, 11) is 0. The van der Waals surface area contributed by atoms with Gasteiger partial charge in [-0.2, -0.15) is 0 Å². The third-order valence-corrected chi connectivity index (χ3v) is 3.42. The molecule has 1 saturated heterocycles. The first-order chi connectivity index (χ1) is 7.39. The van der Waals surface area contributed by atoms with Crippen LogP contribution in [0.1, 0.15) is 46.5 Å². The Hall–Kier alpha value is -0.410. The summed E-state index contributed by atoms with van der Waals surface area (Å²) >= 11 is 0. The smallest absolute Gasteiger partial charge is 0.134 e. The number of ether oxygens (including phenoxy) is 1. The van der Waals surface area contributed by atoms with Crippen molar-refractivity contribution in [1.82, 2.24) is 0 Å². The standard InChI is InChI=1S/C13H25NO2/c1-13(2,3)12(14)9-11(15)8-10-4-6-16-7-5-10/h10,12H,4-9,14H2,1-3H3. The maximum Gasteiger partial charge on any atom is 0.134 e. The number of Topliss-reactive ketones (excluding diaryl/α,β-unsaturated/α-hetero) is 1. The molecule has 0 radical (unpaired) electrons. The van der Waals surface area contributed by atoms with Gasteiger partial charge in [-0.05, 0) is 24.2 Å². The second-order valence-electron chi connectivity index (χ2n) is 5.98. The lowest BCUT2D eigenvalue weighted by molar-refractivity contribution is -0.121. The van der Waals surface area contributed by atoms with Gasteiger partial charge in [-0.25, -0.2) is 0 Å². The molecule has 3 nitrogen and oxygen atoms in total. The van der Waals surface area contributed by atoms with Gasteiger partial charge >= 0.3 is 0 Å². The highest BCUT2D eigenvalue weighted by Gasteiger charge is 2.25. The molecule has 1 aliphatic heterocycles. The summed E-state index contributed by atoms with van der Waals surface area (Å²) in [5, 5.41) is 0. The Kier molecular flexibility index (Phi) is 4.93. The van der Waals surface area contributed by atoms with Gasteiger partial charge in [-0.3, -0.25) is 4.79 Å². The first-order valence-corrected chi connectivity index (χ1v) is 6.24. The van der Waals surface area contributed by atoms with Crippen LogP contribution in [0.3, 0.4) is 0 Å². The molecule has 0 aliphatic carbocycles. The van der Waals surface area contributed by atoms with Gasteiger partial charge in [-0.1, -0.05) is 20.8 Å². The summed E-state index contributed by atoms with van der Waals surface area (Å²) in [6, 6.07) is -0.0279. The Bertz CT molecular complexity index is 227. The molecular weight excluding hydrogens is 202 g/mol. The van der Waals surface area contributed by atoms with E-state index < -0.39 is 0 Å². The molecule has 1 atom stereocenters. The molecule has 1 aliphatic rings. The van der Waals surface area contributed by atoms with Gasteiger partial charge in [0.1, 0.15) is 5.78 Å². The van der Waals surface area contributed by atoms with Gasteiger partial charge in [0.15, 0.2) is 0 Å². The molecular formula is C13H25NO2. The molecule has 0 bridgehead atoms. The van der Waals surface area contributed by atoms with E-state index in [-0.39, 0.29) is 11.5 Å². The van der Waals surface area contributed by atoms with Crippen LogP contribution >= 0.6 is 0 Å². The molecule has 3 heteroatoms. The number of carbonyl (C=O) groups excluding carboxylic acids is 1. The van der Waals surface area contributed by atoms with Crippen LogP contribution in [0.15, 0.2) is 0 Å². The van der Waals surface area contributed by atoms with Crippen molar-refractivity contribution in [2.45, 2.75) is 52.5 Å². The van der Waals surface area contributed by atoms with Crippen LogP contribution in [0.4, 0.5) is 0 Å². The molecule has 0 saturated carbocycles. The summed E-state index contributed by atoms with van der Waals surface area (Å²) in [4.78, 5) is 11.8. The third-order valence-electron chi connectivity index (χ3n) is 3.42. The van der Waals surface area contributed by atoms with Crippen molar-refractivity contribution in [1.29, 1.82) is 0 Å². The Morgan fingerprint density at radius 1 is 1.38 bits per heavy atom. The highest BCUT2D eigenvalue weighted by Crippen LogP contribution is 2.23. The predicted octanol–water partition coefficient (Wildman–Crippen LogP) is 2.14. The SMILES string of the molecule is CC(C)(C)C(N)CC(=O)CC1CCOCC1. The number of nitrogens with two attached hydrogens (primary N) is 1. The zero-order valence-electron chi connectivity index (χ0n) is 10.8. The molecule has 1 fully saturated rings. The lowest BCUT2D eigenvalue weighted by atomic mass is 9.83. The van der Waals surface area contributed by atoms with Crippen molar-refractivity contribution in [2.75, 3.05) is 13.2 Å². The van der Waals surface area contributed by atoms with Crippen molar-refractivity contribution in [3.05, 3.63) is 0 Å². The van der Waals surface area contributed by atoms with E-state index in [1.54, 1.807) is 0 Å². The monoisotopic (exact) mass is 227 g/mol. The zero-order chi connectivity index (χ0) is 12.2. The van der Waals surface area contributed by atoms with E-state index in [1.165, 1.54) is 0 Å². The maximum atomic E-state index is 11.8. The second-order valence-corrected chi connectivity index (χ2v) is 5.98. The average molecular weight is 227 g/mol. The minimum absolute atomic E-state index is 0.0192. The number of rotatable bonds is 4. The Labute approximate surface area is 98.7 Å². The molecule has 2 N–H and O–H groups in total. The lowest BCUT2D eigenvalue weighted by Gasteiger charge is -2.27. The number of hydrogen-bond donors (Lipinski definition) is 1. The Balaban J connectivity index is 2.29. The van der Waals surface area contributed by atoms with Crippen LogP contribution in [-0.4, -0.2) is 25.0 Å². The highest BCUT2D eigenvalue weighted by atomic mass is 16.5. The molecule has 0 amide bonds. The molecule has 0 aromatic rings.